The molecule has 0 saturated carbocycles. The highest BCUT2D eigenvalue weighted by Crippen LogP contribution is 2.41. The molecule has 110 valence electrons. The van der Waals surface area contributed by atoms with Gasteiger partial charge in [0.1, 0.15) is 17.1 Å². The van der Waals surface area contributed by atoms with Crippen molar-refractivity contribution >= 4 is 0 Å². The molecular weight excluding hydrogens is 264 g/mol. The van der Waals surface area contributed by atoms with Crippen LogP contribution < -0.4 is 4.74 Å². The normalized spacial score (nSPS) is 24.2. The van der Waals surface area contributed by atoms with Crippen molar-refractivity contribution in [3.8, 4) is 11.5 Å². The highest BCUT2D eigenvalue weighted by molar-refractivity contribution is 5.38. The number of rotatable bonds is 3. The number of aryl methyl sites for hydroxylation is 1. The van der Waals surface area contributed by atoms with Gasteiger partial charge in [0.25, 0.3) is 0 Å². The van der Waals surface area contributed by atoms with Crippen molar-refractivity contribution in [2.75, 3.05) is 0 Å². The van der Waals surface area contributed by atoms with Gasteiger partial charge in [-0.05, 0) is 43.5 Å². The molecule has 3 rings (SSSR count). The Hall–Kier alpha value is -2.00. The van der Waals surface area contributed by atoms with Crippen LogP contribution in [0.2, 0.25) is 0 Å². The molecule has 1 aliphatic heterocycles. The zero-order valence-corrected chi connectivity index (χ0v) is 12.1. The van der Waals surface area contributed by atoms with Crippen LogP contribution in [0.4, 0.5) is 0 Å². The average Bonchev–Trinajstić information content (AvgIpc) is 2.47. The lowest BCUT2D eigenvalue weighted by Gasteiger charge is -2.38. The van der Waals surface area contributed by atoms with Gasteiger partial charge >= 0.3 is 0 Å². The largest absolute Gasteiger partial charge is 0.508 e. The first kappa shape index (κ1) is 14.0. The van der Waals surface area contributed by atoms with Crippen molar-refractivity contribution in [2.45, 2.75) is 37.9 Å². The molecule has 2 N–H and O–H groups in total. The highest BCUT2D eigenvalue weighted by Gasteiger charge is 2.35. The maximum absolute atomic E-state index is 10.3. The molecule has 2 atom stereocenters. The summed E-state index contributed by atoms with van der Waals surface area (Å²) < 4.78 is 6.13. The fourth-order valence-corrected chi connectivity index (χ4v) is 2.90. The van der Waals surface area contributed by atoms with Crippen LogP contribution in [-0.4, -0.2) is 15.8 Å². The predicted octanol–water partition coefficient (Wildman–Crippen LogP) is 3.60. The quantitative estimate of drug-likeness (QED) is 0.905. The minimum Gasteiger partial charge on any atom is -0.508 e. The SMILES string of the molecule is CC1(CCc2ccc(O)cc2)C[C@H](O)c2ccccc2O1. The van der Waals surface area contributed by atoms with E-state index >= 15 is 0 Å². The molecule has 0 amide bonds. The van der Waals surface area contributed by atoms with Crippen molar-refractivity contribution in [2.24, 2.45) is 0 Å². The van der Waals surface area contributed by atoms with Gasteiger partial charge in [-0.25, -0.2) is 0 Å². The fourth-order valence-electron chi connectivity index (χ4n) is 2.90. The molecule has 1 unspecified atom stereocenters. The number of aromatic hydroxyl groups is 1. The first-order chi connectivity index (χ1) is 10.1. The summed E-state index contributed by atoms with van der Waals surface area (Å²) in [5, 5.41) is 19.6. The second kappa shape index (κ2) is 5.41. The van der Waals surface area contributed by atoms with Crippen LogP contribution in [-0.2, 0) is 6.42 Å². The van der Waals surface area contributed by atoms with Gasteiger partial charge in [-0.1, -0.05) is 30.3 Å². The minimum atomic E-state index is -0.472. The van der Waals surface area contributed by atoms with E-state index in [1.165, 1.54) is 0 Å². The monoisotopic (exact) mass is 284 g/mol. The number of ether oxygens (including phenoxy) is 1. The molecule has 3 nitrogen and oxygen atoms in total. The standard InChI is InChI=1S/C18H20O3/c1-18(11-10-13-6-8-14(19)9-7-13)12-16(20)15-4-2-3-5-17(15)21-18/h2-9,16,19-20H,10-12H2,1H3/t16-,18?/m0/s1. The molecule has 0 aliphatic carbocycles. The number of hydrogen-bond acceptors (Lipinski definition) is 3. The lowest BCUT2D eigenvalue weighted by atomic mass is 9.86. The molecule has 2 aromatic rings. The Morgan fingerprint density at radius 3 is 2.62 bits per heavy atom. The number of hydrogen-bond donors (Lipinski definition) is 2. The van der Waals surface area contributed by atoms with Crippen molar-refractivity contribution in [1.29, 1.82) is 0 Å². The summed E-state index contributed by atoms with van der Waals surface area (Å²) in [4.78, 5) is 0. The zero-order valence-electron chi connectivity index (χ0n) is 12.1. The second-order valence-corrected chi connectivity index (χ2v) is 5.98. The van der Waals surface area contributed by atoms with Crippen LogP contribution in [0.3, 0.4) is 0 Å². The number of aliphatic hydroxyl groups is 1. The van der Waals surface area contributed by atoms with E-state index in [9.17, 15) is 10.2 Å². The van der Waals surface area contributed by atoms with E-state index < -0.39 is 6.10 Å². The van der Waals surface area contributed by atoms with Crippen LogP contribution >= 0.6 is 0 Å². The third-order valence-electron chi connectivity index (χ3n) is 4.14. The van der Waals surface area contributed by atoms with Crippen molar-refractivity contribution in [3.63, 3.8) is 0 Å². The summed E-state index contributed by atoms with van der Waals surface area (Å²) in [5.74, 6) is 1.06. The first-order valence-electron chi connectivity index (χ1n) is 7.30. The summed E-state index contributed by atoms with van der Waals surface area (Å²) in [6, 6.07) is 14.9. The predicted molar refractivity (Wildman–Crippen MR) is 81.5 cm³/mol. The number of benzene rings is 2. The molecule has 0 aromatic heterocycles. The third kappa shape index (κ3) is 3.03. The average molecular weight is 284 g/mol. The summed E-state index contributed by atoms with van der Waals surface area (Å²) >= 11 is 0. The Morgan fingerprint density at radius 2 is 1.86 bits per heavy atom. The molecule has 0 spiro atoms. The Kier molecular flexibility index (Phi) is 3.60. The number of fused-ring (bicyclic) bond motifs is 1. The molecular formula is C18H20O3. The smallest absolute Gasteiger partial charge is 0.125 e. The lowest BCUT2D eigenvalue weighted by molar-refractivity contribution is -0.00670. The van der Waals surface area contributed by atoms with Crippen molar-refractivity contribution < 1.29 is 14.9 Å². The molecule has 0 bridgehead atoms. The third-order valence-corrected chi connectivity index (χ3v) is 4.14. The van der Waals surface area contributed by atoms with E-state index in [0.29, 0.717) is 6.42 Å². The van der Waals surface area contributed by atoms with E-state index in [4.69, 9.17) is 4.74 Å². The van der Waals surface area contributed by atoms with E-state index in [0.717, 1.165) is 29.7 Å². The van der Waals surface area contributed by atoms with Crippen LogP contribution in [0.15, 0.2) is 48.5 Å². The molecule has 1 heterocycles. The number of aliphatic hydroxyl groups excluding tert-OH is 1. The van der Waals surface area contributed by atoms with Crippen molar-refractivity contribution in [1.82, 2.24) is 0 Å². The van der Waals surface area contributed by atoms with Crippen LogP contribution in [0.5, 0.6) is 11.5 Å². The summed E-state index contributed by atoms with van der Waals surface area (Å²) in [7, 11) is 0. The molecule has 2 aromatic carbocycles. The molecule has 0 saturated heterocycles. The minimum absolute atomic E-state index is 0.281. The van der Waals surface area contributed by atoms with E-state index in [1.54, 1.807) is 12.1 Å². The fraction of sp³-hybridized carbons (Fsp3) is 0.333. The topological polar surface area (TPSA) is 49.7 Å². The van der Waals surface area contributed by atoms with Crippen LogP contribution in [0.1, 0.15) is 37.0 Å². The van der Waals surface area contributed by atoms with E-state index in [1.807, 2.05) is 43.3 Å². The highest BCUT2D eigenvalue weighted by atomic mass is 16.5. The van der Waals surface area contributed by atoms with Crippen LogP contribution in [0, 0.1) is 0 Å². The maximum Gasteiger partial charge on any atom is 0.125 e. The Bertz CT molecular complexity index is 621. The Labute approximate surface area is 124 Å². The van der Waals surface area contributed by atoms with Gasteiger partial charge < -0.3 is 14.9 Å². The Balaban J connectivity index is 1.72. The Morgan fingerprint density at radius 1 is 1.14 bits per heavy atom. The number of phenolic OH excluding ortho intramolecular Hbond substituents is 1. The molecule has 1 aliphatic rings. The van der Waals surface area contributed by atoms with Gasteiger partial charge in [0, 0.05) is 12.0 Å². The molecule has 21 heavy (non-hydrogen) atoms. The van der Waals surface area contributed by atoms with E-state index in [-0.39, 0.29) is 11.4 Å². The second-order valence-electron chi connectivity index (χ2n) is 5.98. The molecule has 0 radical (unpaired) electrons. The van der Waals surface area contributed by atoms with Gasteiger partial charge in [-0.15, -0.1) is 0 Å². The number of para-hydroxylation sites is 1. The zero-order chi connectivity index (χ0) is 14.9. The van der Waals surface area contributed by atoms with Crippen LogP contribution in [0.25, 0.3) is 0 Å². The summed E-state index contributed by atoms with van der Waals surface area (Å²) in [5.41, 5.74) is 1.66. The van der Waals surface area contributed by atoms with E-state index in [2.05, 4.69) is 0 Å². The summed E-state index contributed by atoms with van der Waals surface area (Å²) in [6.45, 7) is 2.05. The molecule has 0 fully saturated rings. The van der Waals surface area contributed by atoms with Gasteiger partial charge in [-0.2, -0.15) is 0 Å². The molecule has 3 heteroatoms. The first-order valence-corrected chi connectivity index (χ1v) is 7.30. The van der Waals surface area contributed by atoms with Gasteiger partial charge in [0.2, 0.25) is 0 Å². The van der Waals surface area contributed by atoms with Gasteiger partial charge in [0.15, 0.2) is 0 Å². The number of phenols is 1. The van der Waals surface area contributed by atoms with Gasteiger partial charge in [-0.3, -0.25) is 0 Å². The summed E-state index contributed by atoms with van der Waals surface area (Å²) in [6.07, 6.45) is 1.80. The van der Waals surface area contributed by atoms with Crippen molar-refractivity contribution in [3.05, 3.63) is 59.7 Å². The maximum atomic E-state index is 10.3. The lowest BCUT2D eigenvalue weighted by Crippen LogP contribution is -2.38. The van der Waals surface area contributed by atoms with Gasteiger partial charge in [0.05, 0.1) is 6.10 Å².